The highest BCUT2D eigenvalue weighted by molar-refractivity contribution is 4.61. The van der Waals surface area contributed by atoms with Crippen LogP contribution in [0.25, 0.3) is 0 Å². The van der Waals surface area contributed by atoms with Gasteiger partial charge in [0, 0.05) is 6.54 Å². The predicted molar refractivity (Wildman–Crippen MR) is 51.0 cm³/mol. The van der Waals surface area contributed by atoms with E-state index in [1.165, 1.54) is 0 Å². The maximum Gasteiger partial charge on any atom is 0.390 e. The van der Waals surface area contributed by atoms with Crippen LogP contribution in [0.1, 0.15) is 26.2 Å². The summed E-state index contributed by atoms with van der Waals surface area (Å²) in [6.45, 7) is 3.26. The lowest BCUT2D eigenvalue weighted by Crippen LogP contribution is -2.25. The Balaban J connectivity index is 3.29. The van der Waals surface area contributed by atoms with Gasteiger partial charge in [-0.3, -0.25) is 0 Å². The fourth-order valence-corrected chi connectivity index (χ4v) is 1.15. The minimum absolute atomic E-state index is 0.00447. The van der Waals surface area contributed by atoms with Crippen molar-refractivity contribution in [3.05, 3.63) is 0 Å². The first kappa shape index (κ1) is 13.7. The molecule has 0 radical (unpaired) electrons. The summed E-state index contributed by atoms with van der Waals surface area (Å²) in [4.78, 5) is 0. The summed E-state index contributed by atoms with van der Waals surface area (Å²) in [5.41, 5.74) is 5.46. The SMILES string of the molecule is CCC(CN)CCNCCC(F)(F)F. The molecule has 0 fully saturated rings. The Bertz CT molecular complexity index is 133. The van der Waals surface area contributed by atoms with Crippen molar-refractivity contribution < 1.29 is 13.2 Å². The molecule has 3 N–H and O–H groups in total. The minimum Gasteiger partial charge on any atom is -0.330 e. The van der Waals surface area contributed by atoms with Gasteiger partial charge in [-0.05, 0) is 25.4 Å². The third kappa shape index (κ3) is 8.31. The Kier molecular flexibility index (Phi) is 6.92. The van der Waals surface area contributed by atoms with Gasteiger partial charge in [0.05, 0.1) is 6.42 Å². The molecule has 14 heavy (non-hydrogen) atoms. The topological polar surface area (TPSA) is 38.0 Å². The Morgan fingerprint density at radius 1 is 1.29 bits per heavy atom. The van der Waals surface area contributed by atoms with Gasteiger partial charge in [0.25, 0.3) is 0 Å². The summed E-state index contributed by atoms with van der Waals surface area (Å²) < 4.78 is 35.1. The van der Waals surface area contributed by atoms with Crippen molar-refractivity contribution in [1.82, 2.24) is 5.32 Å². The molecule has 0 heterocycles. The standard InChI is InChI=1S/C9H19F3N2/c1-2-8(7-13)3-5-14-6-4-9(10,11)12/h8,14H,2-7,13H2,1H3. The van der Waals surface area contributed by atoms with E-state index >= 15 is 0 Å². The van der Waals surface area contributed by atoms with E-state index in [4.69, 9.17) is 5.73 Å². The lowest BCUT2D eigenvalue weighted by molar-refractivity contribution is -0.133. The lowest BCUT2D eigenvalue weighted by atomic mass is 10.0. The van der Waals surface area contributed by atoms with Gasteiger partial charge in [0.1, 0.15) is 0 Å². The highest BCUT2D eigenvalue weighted by Gasteiger charge is 2.25. The van der Waals surface area contributed by atoms with Crippen LogP contribution in [-0.2, 0) is 0 Å². The van der Waals surface area contributed by atoms with Crippen molar-refractivity contribution in [2.75, 3.05) is 19.6 Å². The average Bonchev–Trinajstić information content (AvgIpc) is 2.09. The Morgan fingerprint density at radius 2 is 1.93 bits per heavy atom. The van der Waals surface area contributed by atoms with Crippen LogP contribution in [0.4, 0.5) is 13.2 Å². The van der Waals surface area contributed by atoms with Crippen LogP contribution in [-0.4, -0.2) is 25.8 Å². The second-order valence-electron chi connectivity index (χ2n) is 3.41. The van der Waals surface area contributed by atoms with Gasteiger partial charge < -0.3 is 11.1 Å². The number of hydrogen-bond donors (Lipinski definition) is 2. The van der Waals surface area contributed by atoms with Crippen LogP contribution in [0.15, 0.2) is 0 Å². The molecule has 5 heteroatoms. The average molecular weight is 212 g/mol. The highest BCUT2D eigenvalue weighted by Crippen LogP contribution is 2.18. The predicted octanol–water partition coefficient (Wildman–Crippen LogP) is 1.90. The van der Waals surface area contributed by atoms with Crippen molar-refractivity contribution in [2.45, 2.75) is 32.4 Å². The second-order valence-corrected chi connectivity index (χ2v) is 3.41. The number of hydrogen-bond acceptors (Lipinski definition) is 2. The third-order valence-corrected chi connectivity index (χ3v) is 2.23. The molecule has 0 amide bonds. The summed E-state index contributed by atoms with van der Waals surface area (Å²) in [5.74, 6) is 0.424. The quantitative estimate of drug-likeness (QED) is 0.632. The van der Waals surface area contributed by atoms with Crippen LogP contribution in [0.3, 0.4) is 0 Å². The number of nitrogens with one attached hydrogen (secondary N) is 1. The molecule has 1 atom stereocenters. The number of nitrogens with two attached hydrogens (primary N) is 1. The van der Waals surface area contributed by atoms with Gasteiger partial charge >= 0.3 is 6.18 Å². The van der Waals surface area contributed by atoms with Crippen molar-refractivity contribution >= 4 is 0 Å². The fraction of sp³-hybridized carbons (Fsp3) is 1.00. The van der Waals surface area contributed by atoms with E-state index < -0.39 is 12.6 Å². The zero-order chi connectivity index (χ0) is 11.0. The van der Waals surface area contributed by atoms with Crippen LogP contribution < -0.4 is 11.1 Å². The monoisotopic (exact) mass is 212 g/mol. The molecule has 0 aromatic heterocycles. The lowest BCUT2D eigenvalue weighted by Gasteiger charge is -2.12. The largest absolute Gasteiger partial charge is 0.390 e. The van der Waals surface area contributed by atoms with Crippen molar-refractivity contribution in [2.24, 2.45) is 11.7 Å². The van der Waals surface area contributed by atoms with Crippen LogP contribution in [0, 0.1) is 5.92 Å². The Hall–Kier alpha value is -0.290. The van der Waals surface area contributed by atoms with Gasteiger partial charge in [0.2, 0.25) is 0 Å². The first-order valence-corrected chi connectivity index (χ1v) is 4.97. The number of alkyl halides is 3. The highest BCUT2D eigenvalue weighted by atomic mass is 19.4. The molecule has 0 aliphatic rings. The number of rotatable bonds is 7. The van der Waals surface area contributed by atoms with Crippen molar-refractivity contribution in [3.63, 3.8) is 0 Å². The summed E-state index contributed by atoms with van der Waals surface area (Å²) in [6.07, 6.45) is -2.97. The summed E-state index contributed by atoms with van der Waals surface area (Å²) >= 11 is 0. The molecule has 0 rings (SSSR count). The van der Waals surface area contributed by atoms with E-state index in [0.29, 0.717) is 19.0 Å². The van der Waals surface area contributed by atoms with Gasteiger partial charge in [-0.15, -0.1) is 0 Å². The van der Waals surface area contributed by atoms with Crippen LogP contribution in [0.5, 0.6) is 0 Å². The molecule has 0 saturated carbocycles. The fourth-order valence-electron chi connectivity index (χ4n) is 1.15. The number of halogens is 3. The van der Waals surface area contributed by atoms with E-state index in [-0.39, 0.29) is 6.54 Å². The minimum atomic E-state index is -4.05. The molecule has 0 bridgehead atoms. The van der Waals surface area contributed by atoms with E-state index in [2.05, 4.69) is 5.32 Å². The molecule has 0 aromatic carbocycles. The molecule has 1 unspecified atom stereocenters. The summed E-state index contributed by atoms with van der Waals surface area (Å²) in [5, 5.41) is 2.77. The zero-order valence-corrected chi connectivity index (χ0v) is 8.53. The molecule has 0 aliphatic carbocycles. The third-order valence-electron chi connectivity index (χ3n) is 2.23. The normalized spacial score (nSPS) is 14.4. The first-order chi connectivity index (χ1) is 6.49. The molecular formula is C9H19F3N2. The van der Waals surface area contributed by atoms with E-state index in [0.717, 1.165) is 12.8 Å². The van der Waals surface area contributed by atoms with Crippen LogP contribution >= 0.6 is 0 Å². The maximum absolute atomic E-state index is 11.7. The second kappa shape index (κ2) is 7.06. The first-order valence-electron chi connectivity index (χ1n) is 4.97. The van der Waals surface area contributed by atoms with Crippen molar-refractivity contribution in [1.29, 1.82) is 0 Å². The smallest absolute Gasteiger partial charge is 0.330 e. The Morgan fingerprint density at radius 3 is 2.36 bits per heavy atom. The molecule has 2 nitrogen and oxygen atoms in total. The molecule has 0 saturated heterocycles. The summed E-state index contributed by atoms with van der Waals surface area (Å²) in [7, 11) is 0. The summed E-state index contributed by atoms with van der Waals surface area (Å²) in [6, 6.07) is 0. The zero-order valence-electron chi connectivity index (χ0n) is 8.53. The molecule has 0 spiro atoms. The van der Waals surface area contributed by atoms with Crippen molar-refractivity contribution in [3.8, 4) is 0 Å². The molecule has 0 aliphatic heterocycles. The van der Waals surface area contributed by atoms with Gasteiger partial charge in [-0.1, -0.05) is 13.3 Å². The van der Waals surface area contributed by atoms with E-state index in [1.54, 1.807) is 0 Å². The van der Waals surface area contributed by atoms with Gasteiger partial charge in [0.15, 0.2) is 0 Å². The Labute approximate surface area is 83.0 Å². The van der Waals surface area contributed by atoms with Gasteiger partial charge in [-0.2, -0.15) is 13.2 Å². The van der Waals surface area contributed by atoms with E-state index in [9.17, 15) is 13.2 Å². The maximum atomic E-state index is 11.7. The van der Waals surface area contributed by atoms with Gasteiger partial charge in [-0.25, -0.2) is 0 Å². The molecule has 0 aromatic rings. The van der Waals surface area contributed by atoms with Crippen LogP contribution in [0.2, 0.25) is 0 Å². The molecule has 86 valence electrons. The van der Waals surface area contributed by atoms with E-state index in [1.807, 2.05) is 6.92 Å². The molecular weight excluding hydrogens is 193 g/mol.